The van der Waals surface area contributed by atoms with Gasteiger partial charge in [-0.15, -0.1) is 0 Å². The third-order valence-corrected chi connectivity index (χ3v) is 1.11. The van der Waals surface area contributed by atoms with Crippen LogP contribution in [0.5, 0.6) is 0 Å². The Morgan fingerprint density at radius 2 is 2.33 bits per heavy atom. The molecular weight excluding hydrogens is 140 g/mol. The minimum Gasteiger partial charge on any atom is -0.393 e. The van der Waals surface area contributed by atoms with Crippen LogP contribution < -0.4 is 0 Å². The van der Waals surface area contributed by atoms with Crippen molar-refractivity contribution in [1.29, 1.82) is 0 Å². The lowest BCUT2D eigenvalue weighted by molar-refractivity contribution is 0.197. The van der Waals surface area contributed by atoms with Crippen molar-refractivity contribution < 1.29 is 10.2 Å². The quantitative estimate of drug-likeness (QED) is 0.627. The molecule has 3 heteroatoms. The van der Waals surface area contributed by atoms with Crippen molar-refractivity contribution in [3.8, 4) is 0 Å². The monoisotopic (exact) mass is 150 g/mol. The highest BCUT2D eigenvalue weighted by Crippen LogP contribution is 2.08. The number of aliphatic hydroxyl groups excluding tert-OH is 2. The molecule has 0 saturated heterocycles. The molecule has 1 atom stereocenters. The summed E-state index contributed by atoms with van der Waals surface area (Å²) in [6.45, 7) is 1.58. The highest BCUT2D eigenvalue weighted by Gasteiger charge is 1.96. The van der Waals surface area contributed by atoms with Crippen LogP contribution in [0.4, 0.5) is 0 Å². The van der Waals surface area contributed by atoms with E-state index in [0.29, 0.717) is 11.5 Å². The van der Waals surface area contributed by atoms with E-state index in [-0.39, 0.29) is 6.61 Å². The average molecular weight is 151 g/mol. The number of hydrogen-bond acceptors (Lipinski definition) is 2. The molecule has 54 valence electrons. The van der Waals surface area contributed by atoms with Gasteiger partial charge < -0.3 is 10.2 Å². The fraction of sp³-hybridized carbons (Fsp3) is 0.667. The van der Waals surface area contributed by atoms with Crippen LogP contribution in [0.25, 0.3) is 0 Å². The van der Waals surface area contributed by atoms with E-state index in [9.17, 15) is 0 Å². The van der Waals surface area contributed by atoms with Crippen LogP contribution in [0.15, 0.2) is 11.1 Å². The van der Waals surface area contributed by atoms with Gasteiger partial charge in [0.05, 0.1) is 12.7 Å². The Balaban J connectivity index is 3.49. The van der Waals surface area contributed by atoms with Crippen LogP contribution in [0.3, 0.4) is 0 Å². The zero-order valence-electron chi connectivity index (χ0n) is 5.34. The molecule has 0 aromatic rings. The second-order valence-corrected chi connectivity index (χ2v) is 2.37. The number of rotatable bonds is 3. The summed E-state index contributed by atoms with van der Waals surface area (Å²) in [4.78, 5) is 0. The minimum atomic E-state index is -0.430. The Kier molecular flexibility index (Phi) is 4.77. The fourth-order valence-corrected chi connectivity index (χ4v) is 0.757. The van der Waals surface area contributed by atoms with Gasteiger partial charge in [-0.2, -0.15) is 0 Å². The van der Waals surface area contributed by atoms with E-state index in [1.165, 1.54) is 6.08 Å². The largest absolute Gasteiger partial charge is 0.393 e. The van der Waals surface area contributed by atoms with Crippen LogP contribution in [0.1, 0.15) is 13.3 Å². The number of hydrogen-bond donors (Lipinski definition) is 2. The molecule has 9 heavy (non-hydrogen) atoms. The Morgan fingerprint density at radius 1 is 1.78 bits per heavy atom. The summed E-state index contributed by atoms with van der Waals surface area (Å²) in [5, 5.41) is 17.6. The summed E-state index contributed by atoms with van der Waals surface area (Å²) in [6.07, 6.45) is 1.46. The predicted octanol–water partition coefficient (Wildman–Crippen LogP) is 0.872. The highest BCUT2D eigenvalue weighted by molar-refractivity contribution is 6.29. The molecule has 0 spiro atoms. The van der Waals surface area contributed by atoms with Crippen molar-refractivity contribution in [2.24, 2.45) is 0 Å². The Bertz CT molecular complexity index is 99.2. The third-order valence-electron chi connectivity index (χ3n) is 0.803. The molecule has 0 amide bonds. The smallest absolute Gasteiger partial charge is 0.0626 e. The number of halogens is 1. The maximum Gasteiger partial charge on any atom is 0.0626 e. The lowest BCUT2D eigenvalue weighted by atomic mass is 10.3. The minimum absolute atomic E-state index is 0.0639. The van der Waals surface area contributed by atoms with Gasteiger partial charge in [0.2, 0.25) is 0 Å². The van der Waals surface area contributed by atoms with Gasteiger partial charge in [0.15, 0.2) is 0 Å². The fourth-order valence-electron chi connectivity index (χ4n) is 0.465. The van der Waals surface area contributed by atoms with Gasteiger partial charge in [-0.3, -0.25) is 0 Å². The van der Waals surface area contributed by atoms with E-state index >= 15 is 0 Å². The highest BCUT2D eigenvalue weighted by atomic mass is 35.5. The van der Waals surface area contributed by atoms with Crippen LogP contribution >= 0.6 is 11.6 Å². The molecule has 0 aliphatic rings. The van der Waals surface area contributed by atoms with E-state index in [0.717, 1.165) is 0 Å². The van der Waals surface area contributed by atoms with Crippen molar-refractivity contribution in [3.05, 3.63) is 11.1 Å². The van der Waals surface area contributed by atoms with Gasteiger partial charge in [0, 0.05) is 11.5 Å². The van der Waals surface area contributed by atoms with Gasteiger partial charge in [0.25, 0.3) is 0 Å². The zero-order valence-corrected chi connectivity index (χ0v) is 6.10. The first-order chi connectivity index (χ1) is 4.16. The summed E-state index contributed by atoms with van der Waals surface area (Å²) in [5.74, 6) is 0. The van der Waals surface area contributed by atoms with Crippen LogP contribution in [-0.2, 0) is 0 Å². The van der Waals surface area contributed by atoms with Gasteiger partial charge >= 0.3 is 0 Å². The molecule has 0 rings (SSSR count). The van der Waals surface area contributed by atoms with Crippen LogP contribution in [0.2, 0.25) is 0 Å². The SMILES string of the molecule is CC(O)C/C(Cl)=C/CO. The molecule has 0 aromatic heterocycles. The lowest BCUT2D eigenvalue weighted by Crippen LogP contribution is -1.98. The molecule has 0 fully saturated rings. The summed E-state index contributed by atoms with van der Waals surface area (Å²) in [7, 11) is 0. The molecule has 0 aliphatic carbocycles. The van der Waals surface area contributed by atoms with Crippen molar-refractivity contribution in [3.63, 3.8) is 0 Å². The van der Waals surface area contributed by atoms with E-state index in [1.54, 1.807) is 6.92 Å². The van der Waals surface area contributed by atoms with E-state index < -0.39 is 6.10 Å². The Labute approximate surface area is 59.8 Å². The summed E-state index contributed by atoms with van der Waals surface area (Å²) >= 11 is 5.52. The van der Waals surface area contributed by atoms with Crippen molar-refractivity contribution >= 4 is 11.6 Å². The van der Waals surface area contributed by atoms with Crippen LogP contribution in [-0.4, -0.2) is 22.9 Å². The van der Waals surface area contributed by atoms with Gasteiger partial charge in [-0.05, 0) is 13.0 Å². The second-order valence-electron chi connectivity index (χ2n) is 1.89. The molecule has 0 bridgehead atoms. The first-order valence-corrected chi connectivity index (χ1v) is 3.18. The van der Waals surface area contributed by atoms with Crippen molar-refractivity contribution in [2.75, 3.05) is 6.61 Å². The van der Waals surface area contributed by atoms with Gasteiger partial charge in [-0.25, -0.2) is 0 Å². The molecule has 0 saturated carbocycles. The van der Waals surface area contributed by atoms with Crippen molar-refractivity contribution in [1.82, 2.24) is 0 Å². The standard InChI is InChI=1S/C6H11ClO2/c1-5(9)4-6(7)2-3-8/h2,5,8-9H,3-4H2,1H3/b6-2-. The third kappa shape index (κ3) is 5.83. The molecule has 2 N–H and O–H groups in total. The summed E-state index contributed by atoms with van der Waals surface area (Å²) < 4.78 is 0. The molecule has 0 radical (unpaired) electrons. The first-order valence-electron chi connectivity index (χ1n) is 2.80. The van der Waals surface area contributed by atoms with Crippen LogP contribution in [0, 0.1) is 0 Å². The maximum absolute atomic E-state index is 8.74. The Hall–Kier alpha value is -0.0500. The van der Waals surface area contributed by atoms with Gasteiger partial charge in [0.1, 0.15) is 0 Å². The van der Waals surface area contributed by atoms with E-state index in [1.807, 2.05) is 0 Å². The summed E-state index contributed by atoms with van der Waals surface area (Å²) in [6, 6.07) is 0. The van der Waals surface area contributed by atoms with Gasteiger partial charge in [-0.1, -0.05) is 11.6 Å². The normalized spacial score (nSPS) is 15.8. The maximum atomic E-state index is 8.74. The molecule has 2 nitrogen and oxygen atoms in total. The number of aliphatic hydroxyl groups is 2. The molecule has 0 heterocycles. The van der Waals surface area contributed by atoms with E-state index in [2.05, 4.69) is 0 Å². The average Bonchev–Trinajstić information content (AvgIpc) is 1.63. The predicted molar refractivity (Wildman–Crippen MR) is 37.3 cm³/mol. The summed E-state index contributed by atoms with van der Waals surface area (Å²) in [5.41, 5.74) is 0. The van der Waals surface area contributed by atoms with Crippen molar-refractivity contribution in [2.45, 2.75) is 19.4 Å². The molecule has 0 aliphatic heterocycles. The van der Waals surface area contributed by atoms with E-state index in [4.69, 9.17) is 21.8 Å². The molecule has 0 aromatic carbocycles. The Morgan fingerprint density at radius 3 is 2.67 bits per heavy atom. The first kappa shape index (κ1) is 8.95. The molecular formula is C6H11ClO2. The molecule has 1 unspecified atom stereocenters. The zero-order chi connectivity index (χ0) is 7.28. The lowest BCUT2D eigenvalue weighted by Gasteiger charge is -2.00. The second kappa shape index (κ2) is 4.79. The topological polar surface area (TPSA) is 40.5 Å².